The van der Waals surface area contributed by atoms with Crippen LogP contribution >= 0.6 is 0 Å². The lowest BCUT2D eigenvalue weighted by Gasteiger charge is -2.33. The van der Waals surface area contributed by atoms with E-state index in [2.05, 4.69) is 11.0 Å². The van der Waals surface area contributed by atoms with E-state index in [0.717, 1.165) is 11.1 Å². The molecule has 2 heterocycles. The lowest BCUT2D eigenvalue weighted by molar-refractivity contribution is 0.0256. The molecule has 0 N–H and O–H groups in total. The van der Waals surface area contributed by atoms with Gasteiger partial charge in [-0.1, -0.05) is 66.2 Å². The molecule has 0 amide bonds. The van der Waals surface area contributed by atoms with Crippen LogP contribution in [-0.4, -0.2) is 26.3 Å². The van der Waals surface area contributed by atoms with Crippen LogP contribution in [0.25, 0.3) is 0 Å². The van der Waals surface area contributed by atoms with Crippen molar-refractivity contribution < 1.29 is 17.9 Å². The zero-order chi connectivity index (χ0) is 22.3. The van der Waals surface area contributed by atoms with E-state index >= 15 is 0 Å². The molecule has 1 spiro atoms. The number of benzene rings is 3. The molecular formula is C26H23NO4S. The van der Waals surface area contributed by atoms with Crippen molar-refractivity contribution in [3.05, 3.63) is 108 Å². The van der Waals surface area contributed by atoms with Gasteiger partial charge in [0.15, 0.2) is 5.60 Å². The Kier molecular flexibility index (Phi) is 4.99. The Morgan fingerprint density at radius 2 is 1.69 bits per heavy atom. The summed E-state index contributed by atoms with van der Waals surface area (Å²) in [6.45, 7) is 6.24. The number of hydrogen-bond acceptors (Lipinski definition) is 4. The van der Waals surface area contributed by atoms with Crippen molar-refractivity contribution in [1.29, 1.82) is 0 Å². The van der Waals surface area contributed by atoms with Crippen LogP contribution in [-0.2, 0) is 14.8 Å². The van der Waals surface area contributed by atoms with Crippen LogP contribution in [0.15, 0.2) is 101 Å². The molecule has 2 aliphatic heterocycles. The van der Waals surface area contributed by atoms with Gasteiger partial charge in [-0.3, -0.25) is 0 Å². The van der Waals surface area contributed by atoms with Gasteiger partial charge >= 0.3 is 0 Å². The molecule has 3 aromatic rings. The van der Waals surface area contributed by atoms with Crippen LogP contribution in [0.5, 0.6) is 5.75 Å². The second kappa shape index (κ2) is 7.73. The van der Waals surface area contributed by atoms with E-state index in [1.54, 1.807) is 30.3 Å². The first-order chi connectivity index (χ1) is 15.5. The van der Waals surface area contributed by atoms with E-state index in [-0.39, 0.29) is 10.8 Å². The van der Waals surface area contributed by atoms with Crippen LogP contribution in [0.2, 0.25) is 0 Å². The van der Waals surface area contributed by atoms with Crippen LogP contribution < -0.4 is 4.74 Å². The molecule has 2 aliphatic rings. The van der Waals surface area contributed by atoms with Crippen LogP contribution in [0.1, 0.15) is 22.8 Å². The maximum Gasteiger partial charge on any atom is 0.282 e. The van der Waals surface area contributed by atoms with Gasteiger partial charge < -0.3 is 9.47 Å². The Labute approximate surface area is 188 Å². The third kappa shape index (κ3) is 3.18. The first kappa shape index (κ1) is 20.7. The Morgan fingerprint density at radius 1 is 1.00 bits per heavy atom. The topological polar surface area (TPSA) is 65.0 Å². The SMILES string of the molecule is C=C[C@H]1CO[C@@H](c2ccccc2)[C@@]12Oc1ccccc1/C2=N\S(=O)(=O)c1ccc(C)cc1. The van der Waals surface area contributed by atoms with Crippen molar-refractivity contribution >= 4 is 15.7 Å². The Hall–Kier alpha value is -3.22. The van der Waals surface area contributed by atoms with Gasteiger partial charge in [-0.05, 0) is 36.8 Å². The number of aryl methyl sites for hydroxylation is 1. The molecule has 0 aromatic heterocycles. The van der Waals surface area contributed by atoms with Crippen molar-refractivity contribution in [3.8, 4) is 5.75 Å². The summed E-state index contributed by atoms with van der Waals surface area (Å²) in [4.78, 5) is 0.139. The molecule has 0 aliphatic carbocycles. The fraction of sp³-hybridized carbons (Fsp3) is 0.192. The van der Waals surface area contributed by atoms with Crippen LogP contribution in [0.4, 0.5) is 0 Å². The van der Waals surface area contributed by atoms with Gasteiger partial charge in [0.25, 0.3) is 10.0 Å². The van der Waals surface area contributed by atoms with Crippen LogP contribution in [0.3, 0.4) is 0 Å². The van der Waals surface area contributed by atoms with Crippen molar-refractivity contribution in [2.75, 3.05) is 6.61 Å². The molecule has 1 fully saturated rings. The number of hydrogen-bond donors (Lipinski definition) is 0. The molecule has 0 radical (unpaired) electrons. The third-order valence-electron chi connectivity index (χ3n) is 6.09. The summed E-state index contributed by atoms with van der Waals surface area (Å²) in [6, 6.07) is 23.8. The molecule has 0 saturated carbocycles. The molecule has 1 saturated heterocycles. The van der Waals surface area contributed by atoms with E-state index in [9.17, 15) is 8.42 Å². The number of sulfonamides is 1. The second-order valence-corrected chi connectivity index (χ2v) is 9.69. The predicted molar refractivity (Wildman–Crippen MR) is 124 cm³/mol. The van der Waals surface area contributed by atoms with E-state index < -0.39 is 21.7 Å². The fourth-order valence-electron chi connectivity index (χ4n) is 4.48. The summed E-state index contributed by atoms with van der Waals surface area (Å²) in [5.41, 5.74) is 1.74. The van der Waals surface area contributed by atoms with Crippen molar-refractivity contribution in [1.82, 2.24) is 0 Å². The lowest BCUT2D eigenvalue weighted by Crippen LogP contribution is -2.49. The Morgan fingerprint density at radius 3 is 2.41 bits per heavy atom. The summed E-state index contributed by atoms with van der Waals surface area (Å²) in [5.74, 6) is 0.302. The molecule has 32 heavy (non-hydrogen) atoms. The lowest BCUT2D eigenvalue weighted by atomic mass is 9.78. The first-order valence-corrected chi connectivity index (χ1v) is 11.9. The number of ether oxygens (including phenoxy) is 2. The van der Waals surface area contributed by atoms with E-state index in [1.165, 1.54) is 0 Å². The molecule has 0 bridgehead atoms. The number of para-hydroxylation sites is 1. The summed E-state index contributed by atoms with van der Waals surface area (Å²) in [5, 5.41) is 0. The average molecular weight is 446 g/mol. The van der Waals surface area contributed by atoms with Crippen LogP contribution in [0, 0.1) is 12.8 Å². The largest absolute Gasteiger partial charge is 0.476 e. The minimum atomic E-state index is -3.99. The third-order valence-corrected chi connectivity index (χ3v) is 7.38. The maximum absolute atomic E-state index is 13.4. The normalized spacial score (nSPS) is 25.6. The van der Waals surface area contributed by atoms with Gasteiger partial charge in [0.1, 0.15) is 17.6 Å². The Bertz CT molecular complexity index is 1300. The highest BCUT2D eigenvalue weighted by Crippen LogP contribution is 2.52. The predicted octanol–water partition coefficient (Wildman–Crippen LogP) is 4.88. The van der Waals surface area contributed by atoms with Gasteiger partial charge in [0.05, 0.1) is 11.5 Å². The molecule has 5 nitrogen and oxygen atoms in total. The molecule has 0 unspecified atom stereocenters. The van der Waals surface area contributed by atoms with Gasteiger partial charge in [0.2, 0.25) is 0 Å². The smallest absolute Gasteiger partial charge is 0.282 e. The van der Waals surface area contributed by atoms with Crippen molar-refractivity contribution in [2.45, 2.75) is 23.5 Å². The molecule has 3 aromatic carbocycles. The number of rotatable bonds is 4. The van der Waals surface area contributed by atoms with E-state index in [0.29, 0.717) is 23.6 Å². The zero-order valence-corrected chi connectivity index (χ0v) is 18.5. The summed E-state index contributed by atoms with van der Waals surface area (Å²) >= 11 is 0. The quantitative estimate of drug-likeness (QED) is 0.537. The zero-order valence-electron chi connectivity index (χ0n) is 17.6. The monoisotopic (exact) mass is 445 g/mol. The summed E-state index contributed by atoms with van der Waals surface area (Å²) in [6.07, 6.45) is 1.23. The maximum atomic E-state index is 13.4. The Balaban J connectivity index is 1.74. The molecule has 5 rings (SSSR count). The molecule has 6 heteroatoms. The minimum Gasteiger partial charge on any atom is -0.476 e. The van der Waals surface area contributed by atoms with E-state index in [4.69, 9.17) is 9.47 Å². The molecule has 3 atom stereocenters. The minimum absolute atomic E-state index is 0.139. The van der Waals surface area contributed by atoms with Gasteiger partial charge in [-0.15, -0.1) is 6.58 Å². The highest BCUT2D eigenvalue weighted by molar-refractivity contribution is 7.90. The fourth-order valence-corrected chi connectivity index (χ4v) is 5.55. The summed E-state index contributed by atoms with van der Waals surface area (Å²) < 4.78 is 43.9. The average Bonchev–Trinajstić information content (AvgIpc) is 3.32. The number of fused-ring (bicyclic) bond motifs is 1. The van der Waals surface area contributed by atoms with Crippen molar-refractivity contribution in [3.63, 3.8) is 0 Å². The van der Waals surface area contributed by atoms with Gasteiger partial charge in [-0.25, -0.2) is 0 Å². The first-order valence-electron chi connectivity index (χ1n) is 10.5. The van der Waals surface area contributed by atoms with Crippen molar-refractivity contribution in [2.24, 2.45) is 10.3 Å². The highest BCUT2D eigenvalue weighted by atomic mass is 32.2. The molecule has 162 valence electrons. The van der Waals surface area contributed by atoms with Gasteiger partial charge in [0, 0.05) is 11.5 Å². The number of nitrogens with zero attached hydrogens (tertiary/aromatic N) is 1. The van der Waals surface area contributed by atoms with Gasteiger partial charge in [-0.2, -0.15) is 12.8 Å². The second-order valence-electron chi connectivity index (χ2n) is 8.09. The standard InChI is InChI=1S/C26H23NO4S/c1-3-20-17-30-25(19-9-5-4-6-10-19)26(20)24(22-11-7-8-12-23(22)31-26)27-32(28,29)21-15-13-18(2)14-16-21/h3-16,20,25H,1,17H2,2H3/b27-24+/t20-,25-,26+/m0/s1. The summed E-state index contributed by atoms with van der Waals surface area (Å²) in [7, 11) is -3.99. The van der Waals surface area contributed by atoms with E-state index in [1.807, 2.05) is 61.5 Å². The molecular weight excluding hydrogens is 422 g/mol. The highest BCUT2D eigenvalue weighted by Gasteiger charge is 2.61.